The van der Waals surface area contributed by atoms with Crippen molar-refractivity contribution in [3.05, 3.63) is 93.7 Å². The Labute approximate surface area is 192 Å². The van der Waals surface area contributed by atoms with Gasteiger partial charge in [0.25, 0.3) is 0 Å². The number of carbonyl (C=O) groups excluding carboxylic acids is 1. The fourth-order valence-corrected chi connectivity index (χ4v) is 3.90. The first-order chi connectivity index (χ1) is 15.3. The number of benzene rings is 3. The molecule has 0 aliphatic carbocycles. The van der Waals surface area contributed by atoms with E-state index in [1.54, 1.807) is 42.5 Å². The molecule has 7 heteroatoms. The summed E-state index contributed by atoms with van der Waals surface area (Å²) in [5.41, 5.74) is 2.11. The second-order valence-corrected chi connectivity index (χ2v) is 8.09. The van der Waals surface area contributed by atoms with Crippen molar-refractivity contribution < 1.29 is 24.1 Å². The predicted molar refractivity (Wildman–Crippen MR) is 123 cm³/mol. The normalized spacial score (nSPS) is 10.9. The Kier molecular flexibility index (Phi) is 5.76. The van der Waals surface area contributed by atoms with Crippen molar-refractivity contribution in [2.45, 2.75) is 6.92 Å². The number of aryl methyl sites for hydroxylation is 1. The Hall–Kier alpha value is -3.58. The van der Waals surface area contributed by atoms with Crippen molar-refractivity contribution >= 4 is 21.7 Å². The number of ketones is 1. The van der Waals surface area contributed by atoms with Gasteiger partial charge in [-0.15, -0.1) is 0 Å². The quantitative estimate of drug-likeness (QED) is 0.333. The molecule has 4 aromatic rings. The zero-order valence-corrected chi connectivity index (χ0v) is 18.9. The van der Waals surface area contributed by atoms with E-state index in [4.69, 9.17) is 4.74 Å². The first-order valence-corrected chi connectivity index (χ1v) is 10.5. The van der Waals surface area contributed by atoms with Crippen LogP contribution in [0, 0.1) is 12.7 Å². The van der Waals surface area contributed by atoms with Gasteiger partial charge in [-0.2, -0.15) is 0 Å². The minimum atomic E-state index is -0.582. The highest BCUT2D eigenvalue weighted by Gasteiger charge is 2.30. The molecule has 32 heavy (non-hydrogen) atoms. The van der Waals surface area contributed by atoms with E-state index >= 15 is 0 Å². The van der Waals surface area contributed by atoms with E-state index in [0.29, 0.717) is 17.0 Å². The van der Waals surface area contributed by atoms with Gasteiger partial charge in [0.2, 0.25) is 5.88 Å². The first-order valence-electron chi connectivity index (χ1n) is 9.69. The molecule has 162 valence electrons. The Balaban J connectivity index is 2.01. The van der Waals surface area contributed by atoms with Crippen LogP contribution in [0.2, 0.25) is 0 Å². The third-order valence-corrected chi connectivity index (χ3v) is 6.07. The van der Waals surface area contributed by atoms with Crippen molar-refractivity contribution in [2.24, 2.45) is 0 Å². The van der Waals surface area contributed by atoms with Crippen LogP contribution in [-0.2, 0) is 0 Å². The molecule has 0 unspecified atom stereocenters. The van der Waals surface area contributed by atoms with Crippen molar-refractivity contribution in [3.8, 4) is 34.3 Å². The zero-order chi connectivity index (χ0) is 23.0. The van der Waals surface area contributed by atoms with Crippen molar-refractivity contribution in [2.75, 3.05) is 7.11 Å². The lowest BCUT2D eigenvalue weighted by atomic mass is 9.99. The first kappa shape index (κ1) is 21.6. The summed E-state index contributed by atoms with van der Waals surface area (Å²) in [5, 5.41) is 21.7. The third-order valence-electron chi connectivity index (χ3n) is 5.21. The molecule has 0 atom stereocenters. The highest BCUT2D eigenvalue weighted by atomic mass is 79.9. The Morgan fingerprint density at radius 2 is 1.75 bits per heavy atom. The van der Waals surface area contributed by atoms with Crippen LogP contribution >= 0.6 is 15.9 Å². The molecule has 4 rings (SSSR count). The average molecular weight is 496 g/mol. The summed E-state index contributed by atoms with van der Waals surface area (Å²) in [7, 11) is 1.52. The number of nitrogens with zero attached hydrogens (tertiary/aromatic N) is 1. The molecule has 1 heterocycles. The molecular weight excluding hydrogens is 477 g/mol. The topological polar surface area (TPSA) is 71.7 Å². The van der Waals surface area contributed by atoms with Crippen molar-refractivity contribution in [3.63, 3.8) is 0 Å². The number of aromatic nitrogens is 1. The van der Waals surface area contributed by atoms with Crippen LogP contribution in [0.4, 0.5) is 4.39 Å². The van der Waals surface area contributed by atoms with E-state index in [9.17, 15) is 19.4 Å². The number of hydrogen-bond acceptors (Lipinski definition) is 4. The van der Waals surface area contributed by atoms with E-state index in [1.807, 2.05) is 13.0 Å². The van der Waals surface area contributed by atoms with E-state index in [1.165, 1.54) is 29.9 Å². The molecule has 0 spiro atoms. The monoisotopic (exact) mass is 495 g/mol. The summed E-state index contributed by atoms with van der Waals surface area (Å²) < 4.78 is 21.4. The summed E-state index contributed by atoms with van der Waals surface area (Å²) in [6, 6.07) is 17.3. The molecule has 2 N–H and O–H groups in total. The molecule has 0 saturated heterocycles. The minimum absolute atomic E-state index is 0.130. The van der Waals surface area contributed by atoms with E-state index in [2.05, 4.69) is 15.9 Å². The maximum Gasteiger partial charge on any atom is 0.240 e. The lowest BCUT2D eigenvalue weighted by Crippen LogP contribution is -2.05. The largest absolute Gasteiger partial charge is 0.503 e. The number of hydrogen-bond donors (Lipinski definition) is 2. The van der Waals surface area contributed by atoms with Crippen molar-refractivity contribution in [1.29, 1.82) is 0 Å². The number of ether oxygens (including phenoxy) is 1. The van der Waals surface area contributed by atoms with Gasteiger partial charge < -0.3 is 14.9 Å². The second kappa shape index (κ2) is 8.51. The number of rotatable bonds is 5. The van der Waals surface area contributed by atoms with Gasteiger partial charge in [-0.3, -0.25) is 9.36 Å². The molecule has 5 nitrogen and oxygen atoms in total. The summed E-state index contributed by atoms with van der Waals surface area (Å²) in [5.74, 6) is -1.56. The highest BCUT2D eigenvalue weighted by molar-refractivity contribution is 9.10. The van der Waals surface area contributed by atoms with E-state index in [0.717, 1.165) is 10.0 Å². The summed E-state index contributed by atoms with van der Waals surface area (Å²) in [6.07, 6.45) is 0. The molecule has 3 aromatic carbocycles. The zero-order valence-electron chi connectivity index (χ0n) is 17.3. The molecule has 0 fully saturated rings. The fourth-order valence-electron chi connectivity index (χ4n) is 3.53. The molecule has 0 saturated carbocycles. The Morgan fingerprint density at radius 1 is 1.03 bits per heavy atom. The van der Waals surface area contributed by atoms with Gasteiger partial charge >= 0.3 is 0 Å². The lowest BCUT2D eigenvalue weighted by molar-refractivity contribution is 0.103. The fraction of sp³-hybridized carbons (Fsp3) is 0.0800. The van der Waals surface area contributed by atoms with Crippen molar-refractivity contribution in [1.82, 2.24) is 4.57 Å². The van der Waals surface area contributed by atoms with Gasteiger partial charge in [0.05, 0.1) is 24.1 Å². The number of halogens is 2. The van der Waals surface area contributed by atoms with Gasteiger partial charge in [-0.25, -0.2) is 4.39 Å². The molecule has 0 amide bonds. The van der Waals surface area contributed by atoms with E-state index in [-0.39, 0.29) is 16.8 Å². The summed E-state index contributed by atoms with van der Waals surface area (Å²) in [4.78, 5) is 13.4. The number of carbonyl (C=O) groups is 1. The molecule has 0 bridgehead atoms. The van der Waals surface area contributed by atoms with Crippen LogP contribution in [0.15, 0.2) is 71.2 Å². The molecular formula is C25H19BrFNO4. The van der Waals surface area contributed by atoms with Crippen LogP contribution in [0.5, 0.6) is 17.4 Å². The van der Waals surface area contributed by atoms with Gasteiger partial charge in [0, 0.05) is 15.6 Å². The number of methoxy groups -OCH3 is 1. The number of aromatic hydroxyl groups is 2. The molecule has 0 aliphatic rings. The average Bonchev–Trinajstić information content (AvgIpc) is 3.06. The van der Waals surface area contributed by atoms with Gasteiger partial charge in [-0.1, -0.05) is 34.1 Å². The Bertz CT molecular complexity index is 1330. The standard InChI is InChI=1S/C25H19BrFNO4/c1-14-6-9-18(13-20(14)26)28-22(16-4-3-5-17(27)12-16)21(24(30)25(28)31)23(29)15-7-10-19(32-2)11-8-15/h3-13,30-31H,1-2H3. The SMILES string of the molecule is COc1ccc(C(=O)c2c(O)c(O)n(-c3ccc(C)c(Br)c3)c2-c2cccc(F)c2)cc1. The third kappa shape index (κ3) is 3.76. The van der Waals surface area contributed by atoms with Crippen LogP contribution in [0.25, 0.3) is 16.9 Å². The second-order valence-electron chi connectivity index (χ2n) is 7.23. The van der Waals surface area contributed by atoms with Crippen LogP contribution in [-0.4, -0.2) is 27.7 Å². The summed E-state index contributed by atoms with van der Waals surface area (Å²) >= 11 is 3.47. The smallest absolute Gasteiger partial charge is 0.240 e. The van der Waals surface area contributed by atoms with Gasteiger partial charge in [0.1, 0.15) is 11.6 Å². The molecule has 0 radical (unpaired) electrons. The summed E-state index contributed by atoms with van der Waals surface area (Å²) in [6.45, 7) is 1.91. The maximum atomic E-state index is 14.1. The predicted octanol–water partition coefficient (Wildman–Crippen LogP) is 6.01. The lowest BCUT2D eigenvalue weighted by Gasteiger charge is -2.13. The van der Waals surface area contributed by atoms with Crippen LogP contribution in [0.1, 0.15) is 21.5 Å². The highest BCUT2D eigenvalue weighted by Crippen LogP contribution is 2.44. The molecule has 1 aromatic heterocycles. The minimum Gasteiger partial charge on any atom is -0.503 e. The van der Waals surface area contributed by atoms with Gasteiger partial charge in [-0.05, 0) is 61.0 Å². The van der Waals surface area contributed by atoms with Crippen LogP contribution < -0.4 is 4.74 Å². The maximum absolute atomic E-state index is 14.1. The van der Waals surface area contributed by atoms with Gasteiger partial charge in [0.15, 0.2) is 11.5 Å². The van der Waals surface area contributed by atoms with Crippen LogP contribution in [0.3, 0.4) is 0 Å². The van der Waals surface area contributed by atoms with E-state index < -0.39 is 23.2 Å². The molecule has 0 aliphatic heterocycles. The Morgan fingerprint density at radius 3 is 2.38 bits per heavy atom.